The minimum absolute atomic E-state index is 0.00973. The monoisotopic (exact) mass is 264 g/mol. The summed E-state index contributed by atoms with van der Waals surface area (Å²) >= 11 is 0. The van der Waals surface area contributed by atoms with Crippen molar-refractivity contribution in [1.82, 2.24) is 4.90 Å². The third kappa shape index (κ3) is 2.51. The summed E-state index contributed by atoms with van der Waals surface area (Å²) in [5.74, 6) is 0.676. The maximum Gasteiger partial charge on any atom is 0.257 e. The van der Waals surface area contributed by atoms with Crippen molar-refractivity contribution in [2.24, 2.45) is 5.92 Å². The Kier molecular flexibility index (Phi) is 3.95. The SMILES string of the molecule is COc1cc(N)ccc1C(=O)N1CCC(C)C1CO. The van der Waals surface area contributed by atoms with Crippen molar-refractivity contribution in [1.29, 1.82) is 0 Å². The van der Waals surface area contributed by atoms with Gasteiger partial charge in [0, 0.05) is 18.3 Å². The van der Waals surface area contributed by atoms with Crippen molar-refractivity contribution in [3.63, 3.8) is 0 Å². The first kappa shape index (κ1) is 13.7. The smallest absolute Gasteiger partial charge is 0.257 e. The predicted octanol–water partition coefficient (Wildman–Crippen LogP) is 1.12. The number of nitrogens with two attached hydrogens (primary N) is 1. The number of amides is 1. The van der Waals surface area contributed by atoms with Crippen molar-refractivity contribution in [3.8, 4) is 5.75 Å². The van der Waals surface area contributed by atoms with E-state index in [2.05, 4.69) is 0 Å². The molecule has 1 heterocycles. The summed E-state index contributed by atoms with van der Waals surface area (Å²) in [4.78, 5) is 14.3. The zero-order chi connectivity index (χ0) is 14.0. The number of aliphatic hydroxyl groups is 1. The quantitative estimate of drug-likeness (QED) is 0.802. The molecule has 19 heavy (non-hydrogen) atoms. The molecule has 1 fully saturated rings. The normalized spacial score (nSPS) is 22.6. The molecule has 3 N–H and O–H groups in total. The molecule has 1 aliphatic heterocycles. The fourth-order valence-electron chi connectivity index (χ4n) is 2.58. The number of nitrogens with zero attached hydrogens (tertiary/aromatic N) is 1. The van der Waals surface area contributed by atoms with E-state index in [4.69, 9.17) is 10.5 Å². The van der Waals surface area contributed by atoms with Gasteiger partial charge in [0.15, 0.2) is 0 Å². The zero-order valence-corrected chi connectivity index (χ0v) is 11.3. The van der Waals surface area contributed by atoms with Gasteiger partial charge >= 0.3 is 0 Å². The number of rotatable bonds is 3. The third-order valence-electron chi connectivity index (χ3n) is 3.79. The lowest BCUT2D eigenvalue weighted by atomic mass is 10.0. The third-order valence-corrected chi connectivity index (χ3v) is 3.79. The Hall–Kier alpha value is -1.75. The van der Waals surface area contributed by atoms with E-state index < -0.39 is 0 Å². The van der Waals surface area contributed by atoms with Gasteiger partial charge in [-0.05, 0) is 24.5 Å². The molecule has 104 valence electrons. The van der Waals surface area contributed by atoms with Crippen molar-refractivity contribution < 1.29 is 14.6 Å². The number of hydrogen-bond donors (Lipinski definition) is 2. The Morgan fingerprint density at radius 1 is 1.58 bits per heavy atom. The molecule has 0 aromatic heterocycles. The number of nitrogen functional groups attached to an aromatic ring is 1. The Bertz CT molecular complexity index is 476. The number of benzene rings is 1. The van der Waals surface area contributed by atoms with Crippen molar-refractivity contribution in [3.05, 3.63) is 23.8 Å². The number of aliphatic hydroxyl groups excluding tert-OH is 1. The van der Waals surface area contributed by atoms with Gasteiger partial charge in [0.25, 0.3) is 5.91 Å². The molecule has 2 rings (SSSR count). The van der Waals surface area contributed by atoms with E-state index >= 15 is 0 Å². The summed E-state index contributed by atoms with van der Waals surface area (Å²) in [6.07, 6.45) is 0.911. The zero-order valence-electron chi connectivity index (χ0n) is 11.3. The molecule has 2 unspecified atom stereocenters. The van der Waals surface area contributed by atoms with Crippen LogP contribution in [-0.2, 0) is 0 Å². The number of anilines is 1. The van der Waals surface area contributed by atoms with Crippen LogP contribution < -0.4 is 10.5 Å². The number of likely N-dealkylation sites (tertiary alicyclic amines) is 1. The number of hydrogen-bond acceptors (Lipinski definition) is 4. The first-order valence-electron chi connectivity index (χ1n) is 6.43. The largest absolute Gasteiger partial charge is 0.496 e. The summed E-state index contributed by atoms with van der Waals surface area (Å²) in [6.45, 7) is 2.71. The topological polar surface area (TPSA) is 75.8 Å². The Balaban J connectivity index is 2.29. The van der Waals surface area contributed by atoms with Crippen LogP contribution in [0.2, 0.25) is 0 Å². The number of carbonyl (C=O) groups is 1. The molecule has 1 aromatic rings. The Labute approximate surface area is 113 Å². The van der Waals surface area contributed by atoms with Crippen LogP contribution in [0.3, 0.4) is 0 Å². The molecule has 5 nitrogen and oxygen atoms in total. The van der Waals surface area contributed by atoms with Gasteiger partial charge in [-0.3, -0.25) is 4.79 Å². The molecule has 0 spiro atoms. The van der Waals surface area contributed by atoms with Crippen molar-refractivity contribution in [2.45, 2.75) is 19.4 Å². The molecule has 0 aliphatic carbocycles. The lowest BCUT2D eigenvalue weighted by Crippen LogP contribution is -2.39. The van der Waals surface area contributed by atoms with Gasteiger partial charge < -0.3 is 20.5 Å². The van der Waals surface area contributed by atoms with Crippen molar-refractivity contribution in [2.75, 3.05) is 26.0 Å². The minimum atomic E-state index is -0.116. The van der Waals surface area contributed by atoms with E-state index in [1.807, 2.05) is 6.92 Å². The molecule has 1 amide bonds. The molecule has 0 radical (unpaired) electrons. The van der Waals surface area contributed by atoms with E-state index in [9.17, 15) is 9.90 Å². The lowest BCUT2D eigenvalue weighted by molar-refractivity contribution is 0.0645. The Morgan fingerprint density at radius 2 is 2.32 bits per heavy atom. The molecule has 0 bridgehead atoms. The number of ether oxygens (including phenoxy) is 1. The molecule has 1 aromatic carbocycles. The van der Waals surface area contributed by atoms with Crippen LogP contribution in [-0.4, -0.2) is 42.2 Å². The summed E-state index contributed by atoms with van der Waals surface area (Å²) < 4.78 is 5.21. The molecule has 2 atom stereocenters. The van der Waals surface area contributed by atoms with E-state index in [1.165, 1.54) is 7.11 Å². The molecule has 0 saturated carbocycles. The average molecular weight is 264 g/mol. The highest BCUT2D eigenvalue weighted by atomic mass is 16.5. The van der Waals surface area contributed by atoms with Crippen molar-refractivity contribution >= 4 is 11.6 Å². The van der Waals surface area contributed by atoms with Crippen LogP contribution in [0.15, 0.2) is 18.2 Å². The molecular weight excluding hydrogens is 244 g/mol. The van der Waals surface area contributed by atoms with Crippen LogP contribution in [0.1, 0.15) is 23.7 Å². The standard InChI is InChI=1S/C14H20N2O3/c1-9-5-6-16(12(9)8-17)14(18)11-4-3-10(15)7-13(11)19-2/h3-4,7,9,12,17H,5-6,8,15H2,1-2H3. The molecular formula is C14H20N2O3. The first-order chi connectivity index (χ1) is 9.08. The first-order valence-corrected chi connectivity index (χ1v) is 6.43. The maximum absolute atomic E-state index is 12.5. The van der Waals surface area contributed by atoms with Crippen LogP contribution in [0.4, 0.5) is 5.69 Å². The highest BCUT2D eigenvalue weighted by molar-refractivity contribution is 5.97. The molecule has 1 saturated heterocycles. The van der Waals surface area contributed by atoms with Crippen LogP contribution in [0.25, 0.3) is 0 Å². The van der Waals surface area contributed by atoms with E-state index in [0.29, 0.717) is 29.5 Å². The van der Waals surface area contributed by atoms with E-state index in [0.717, 1.165) is 6.42 Å². The summed E-state index contributed by atoms with van der Waals surface area (Å²) in [5, 5.41) is 9.43. The van der Waals surface area contributed by atoms with Gasteiger partial charge in [-0.15, -0.1) is 0 Å². The summed E-state index contributed by atoms with van der Waals surface area (Å²) in [7, 11) is 1.52. The molecule has 1 aliphatic rings. The van der Waals surface area contributed by atoms with Gasteiger partial charge in [0.2, 0.25) is 0 Å². The molecule has 5 heteroatoms. The van der Waals surface area contributed by atoms with Gasteiger partial charge in [0.1, 0.15) is 5.75 Å². The van der Waals surface area contributed by atoms with Crippen LogP contribution in [0, 0.1) is 5.92 Å². The minimum Gasteiger partial charge on any atom is -0.496 e. The maximum atomic E-state index is 12.5. The summed E-state index contributed by atoms with van der Waals surface area (Å²) in [6, 6.07) is 4.88. The second-order valence-electron chi connectivity index (χ2n) is 4.97. The number of methoxy groups -OCH3 is 1. The fourth-order valence-corrected chi connectivity index (χ4v) is 2.58. The van der Waals surface area contributed by atoms with E-state index in [1.54, 1.807) is 23.1 Å². The van der Waals surface area contributed by atoms with Gasteiger partial charge in [-0.25, -0.2) is 0 Å². The Morgan fingerprint density at radius 3 is 2.95 bits per heavy atom. The average Bonchev–Trinajstić information content (AvgIpc) is 2.78. The van der Waals surface area contributed by atoms with E-state index in [-0.39, 0.29) is 18.6 Å². The van der Waals surface area contributed by atoms with Crippen LogP contribution in [0.5, 0.6) is 5.75 Å². The summed E-state index contributed by atoms with van der Waals surface area (Å²) in [5.41, 5.74) is 6.73. The van der Waals surface area contributed by atoms with Gasteiger partial charge in [-0.1, -0.05) is 6.92 Å². The predicted molar refractivity (Wildman–Crippen MR) is 73.1 cm³/mol. The second-order valence-corrected chi connectivity index (χ2v) is 4.97. The highest BCUT2D eigenvalue weighted by Gasteiger charge is 2.35. The van der Waals surface area contributed by atoms with Gasteiger partial charge in [0.05, 0.1) is 25.3 Å². The lowest BCUT2D eigenvalue weighted by Gasteiger charge is -2.26. The fraction of sp³-hybridized carbons (Fsp3) is 0.500. The van der Waals surface area contributed by atoms with Crippen LogP contribution >= 0.6 is 0 Å². The highest BCUT2D eigenvalue weighted by Crippen LogP contribution is 2.29. The van der Waals surface area contributed by atoms with Gasteiger partial charge in [-0.2, -0.15) is 0 Å². The second kappa shape index (κ2) is 5.48. The number of carbonyl (C=O) groups excluding carboxylic acids is 1.